The maximum absolute atomic E-state index is 15.0. The van der Waals surface area contributed by atoms with E-state index in [1.807, 2.05) is 0 Å². The highest BCUT2D eigenvalue weighted by Gasteiger charge is 2.32. The number of pyridine rings is 1. The Bertz CT molecular complexity index is 1280. The van der Waals surface area contributed by atoms with E-state index in [-0.39, 0.29) is 13.2 Å². The molecule has 1 saturated heterocycles. The fourth-order valence-corrected chi connectivity index (χ4v) is 3.76. The summed E-state index contributed by atoms with van der Waals surface area (Å²) in [5, 5.41) is 15.0. The topological polar surface area (TPSA) is 134 Å². The van der Waals surface area contributed by atoms with Crippen molar-refractivity contribution in [2.45, 2.75) is 45.4 Å². The fourth-order valence-electron chi connectivity index (χ4n) is 3.76. The number of nitrogens with zero attached hydrogens (tertiary/aromatic N) is 6. The van der Waals surface area contributed by atoms with Gasteiger partial charge in [-0.05, 0) is 56.7 Å². The van der Waals surface area contributed by atoms with Crippen LogP contribution in [-0.2, 0) is 20.8 Å². The fraction of sp³-hybridized carbons (Fsp3) is 0.440. The minimum Gasteiger partial charge on any atom is -0.444 e. The monoisotopic (exact) mass is 527 g/mol. The van der Waals surface area contributed by atoms with Crippen molar-refractivity contribution in [1.82, 2.24) is 30.5 Å². The second-order valence-corrected chi connectivity index (χ2v) is 9.66. The zero-order chi connectivity index (χ0) is 27.3. The lowest BCUT2D eigenvalue weighted by Gasteiger charge is -2.19. The van der Waals surface area contributed by atoms with E-state index in [0.717, 1.165) is 0 Å². The number of carbonyl (C=O) groups excluding carboxylic acids is 2. The van der Waals surface area contributed by atoms with Crippen molar-refractivity contribution < 1.29 is 28.2 Å². The van der Waals surface area contributed by atoms with Crippen LogP contribution in [0.15, 0.2) is 36.5 Å². The summed E-state index contributed by atoms with van der Waals surface area (Å²) >= 11 is 0. The zero-order valence-electron chi connectivity index (χ0n) is 21.7. The molecule has 13 heteroatoms. The molecule has 0 bridgehead atoms. The lowest BCUT2D eigenvalue weighted by atomic mass is 10.1. The van der Waals surface area contributed by atoms with Crippen LogP contribution in [0.25, 0.3) is 22.6 Å². The summed E-state index contributed by atoms with van der Waals surface area (Å²) < 4.78 is 30.4. The van der Waals surface area contributed by atoms with Crippen LogP contribution in [0.3, 0.4) is 0 Å². The molecule has 3 aromatic rings. The molecule has 4 rings (SSSR count). The predicted molar refractivity (Wildman–Crippen MR) is 135 cm³/mol. The average Bonchev–Trinajstić information content (AvgIpc) is 3.48. The van der Waals surface area contributed by atoms with Crippen LogP contribution in [0.1, 0.15) is 27.2 Å². The Morgan fingerprint density at radius 2 is 2.08 bits per heavy atom. The van der Waals surface area contributed by atoms with E-state index < -0.39 is 29.7 Å². The molecule has 0 saturated carbocycles. The highest BCUT2D eigenvalue weighted by atomic mass is 19.1. The second kappa shape index (κ2) is 11.5. The maximum atomic E-state index is 15.0. The Hall–Kier alpha value is -4.13. The quantitative estimate of drug-likeness (QED) is 0.415. The molecule has 1 aliphatic rings. The molecule has 0 radical (unpaired) electrons. The highest BCUT2D eigenvalue weighted by molar-refractivity contribution is 5.90. The summed E-state index contributed by atoms with van der Waals surface area (Å²) in [6.07, 6.45) is 0.697. The molecule has 1 aromatic carbocycles. The number of alkyl carbamates (subject to hydrolysis) is 1. The predicted octanol–water partition coefficient (Wildman–Crippen LogP) is 3.43. The van der Waals surface area contributed by atoms with Crippen molar-refractivity contribution >= 4 is 17.9 Å². The lowest BCUT2D eigenvalue weighted by Crippen LogP contribution is -2.33. The highest BCUT2D eigenvalue weighted by Crippen LogP contribution is 2.29. The largest absolute Gasteiger partial charge is 0.444 e. The van der Waals surface area contributed by atoms with E-state index in [1.165, 1.54) is 29.1 Å². The Labute approximate surface area is 219 Å². The smallest absolute Gasteiger partial charge is 0.414 e. The van der Waals surface area contributed by atoms with Crippen LogP contribution in [0, 0.1) is 5.82 Å². The average molecular weight is 528 g/mol. The zero-order valence-corrected chi connectivity index (χ0v) is 21.7. The molecule has 38 heavy (non-hydrogen) atoms. The van der Waals surface area contributed by atoms with Gasteiger partial charge in [0.2, 0.25) is 5.82 Å². The van der Waals surface area contributed by atoms with Gasteiger partial charge >= 0.3 is 12.2 Å². The number of nitrogens with one attached hydrogen (secondary N) is 1. The van der Waals surface area contributed by atoms with Crippen LogP contribution in [0.5, 0.6) is 0 Å². The molecule has 2 aromatic heterocycles. The Morgan fingerprint density at radius 3 is 2.76 bits per heavy atom. The van der Waals surface area contributed by atoms with Crippen molar-refractivity contribution in [2.24, 2.45) is 0 Å². The van der Waals surface area contributed by atoms with Crippen LogP contribution in [0.2, 0.25) is 0 Å². The number of methoxy groups -OCH3 is 1. The number of carbonyl (C=O) groups is 2. The van der Waals surface area contributed by atoms with Gasteiger partial charge < -0.3 is 19.5 Å². The number of tetrazole rings is 1. The van der Waals surface area contributed by atoms with Crippen LogP contribution >= 0.6 is 0 Å². The minimum atomic E-state index is -0.554. The van der Waals surface area contributed by atoms with Gasteiger partial charge in [-0.25, -0.2) is 14.0 Å². The van der Waals surface area contributed by atoms with E-state index in [9.17, 15) is 14.0 Å². The third-order valence-corrected chi connectivity index (χ3v) is 5.45. The van der Waals surface area contributed by atoms with Crippen LogP contribution in [0.4, 0.5) is 19.7 Å². The first-order valence-electron chi connectivity index (χ1n) is 12.1. The molecule has 202 valence electrons. The Morgan fingerprint density at radius 1 is 1.26 bits per heavy atom. The molecule has 1 fully saturated rings. The molecule has 1 unspecified atom stereocenters. The molecule has 1 atom stereocenters. The number of aryl methyl sites for hydroxylation is 1. The normalized spacial score (nSPS) is 15.4. The van der Waals surface area contributed by atoms with Gasteiger partial charge in [0.1, 0.15) is 23.2 Å². The molecule has 1 aliphatic heterocycles. The first-order chi connectivity index (χ1) is 18.1. The first kappa shape index (κ1) is 26.9. The lowest BCUT2D eigenvalue weighted by molar-refractivity contribution is 0.0526. The van der Waals surface area contributed by atoms with Crippen LogP contribution < -0.4 is 10.2 Å². The van der Waals surface area contributed by atoms with Gasteiger partial charge in [-0.15, -0.1) is 10.2 Å². The van der Waals surface area contributed by atoms with E-state index in [1.54, 1.807) is 45.0 Å². The van der Waals surface area contributed by atoms with E-state index >= 15 is 0 Å². The summed E-state index contributed by atoms with van der Waals surface area (Å²) in [6.45, 7) is 6.80. The number of hydrogen-bond acceptors (Lipinski definition) is 9. The molecular weight excluding hydrogens is 497 g/mol. The Kier molecular flexibility index (Phi) is 8.15. The standard InChI is InChI=1S/C25H30FN7O5/c1-25(2,3)38-23(34)27-10-5-11-33-30-22(29-31-33)21-9-6-16(13-28-21)19-8-7-17(12-20(19)26)32-14-18(15-36-4)37-24(32)35/h6-9,12-13,18H,5,10-11,14-15H2,1-4H3,(H,27,34). The third-order valence-electron chi connectivity index (χ3n) is 5.45. The van der Waals surface area contributed by atoms with Gasteiger partial charge in [-0.3, -0.25) is 9.88 Å². The number of anilines is 1. The molecule has 1 N–H and O–H groups in total. The minimum absolute atomic E-state index is 0.273. The molecule has 3 heterocycles. The van der Waals surface area contributed by atoms with E-state index in [4.69, 9.17) is 14.2 Å². The van der Waals surface area contributed by atoms with Crippen molar-refractivity contribution in [3.05, 3.63) is 42.3 Å². The Balaban J connectivity index is 1.34. The van der Waals surface area contributed by atoms with Crippen molar-refractivity contribution in [1.29, 1.82) is 0 Å². The molecular formula is C25H30FN7O5. The molecule has 12 nitrogen and oxygen atoms in total. The van der Waals surface area contributed by atoms with E-state index in [2.05, 4.69) is 25.7 Å². The summed E-state index contributed by atoms with van der Waals surface area (Å²) in [4.78, 5) is 31.0. The number of rotatable bonds is 9. The van der Waals surface area contributed by atoms with Gasteiger partial charge in [0, 0.05) is 31.0 Å². The van der Waals surface area contributed by atoms with Gasteiger partial charge in [0.15, 0.2) is 0 Å². The SMILES string of the molecule is COCC1CN(c2ccc(-c3ccc(-c4nnn(CCCNC(=O)OC(C)(C)C)n4)nc3)c(F)c2)C(=O)O1. The third kappa shape index (κ3) is 6.79. The number of hydrogen-bond donors (Lipinski definition) is 1. The molecule has 2 amide bonds. The number of cyclic esters (lactones) is 1. The number of ether oxygens (including phenoxy) is 3. The summed E-state index contributed by atoms with van der Waals surface area (Å²) in [6, 6.07) is 7.95. The molecule has 0 aliphatic carbocycles. The maximum Gasteiger partial charge on any atom is 0.414 e. The van der Waals surface area contributed by atoms with Crippen molar-refractivity contribution in [3.8, 4) is 22.6 Å². The van der Waals surface area contributed by atoms with Crippen LogP contribution in [-0.4, -0.2) is 75.9 Å². The van der Waals surface area contributed by atoms with Gasteiger partial charge in [0.25, 0.3) is 0 Å². The number of halogens is 1. The summed E-state index contributed by atoms with van der Waals surface area (Å²) in [7, 11) is 1.53. The number of aromatic nitrogens is 5. The van der Waals surface area contributed by atoms with Gasteiger partial charge in [0.05, 0.1) is 25.4 Å². The number of benzene rings is 1. The van der Waals surface area contributed by atoms with Crippen molar-refractivity contribution in [3.63, 3.8) is 0 Å². The first-order valence-corrected chi connectivity index (χ1v) is 12.1. The van der Waals surface area contributed by atoms with Crippen molar-refractivity contribution in [2.75, 3.05) is 31.7 Å². The molecule has 0 spiro atoms. The number of amides is 2. The second-order valence-electron chi connectivity index (χ2n) is 9.66. The summed E-state index contributed by atoms with van der Waals surface area (Å²) in [5.41, 5.74) is 1.22. The van der Waals surface area contributed by atoms with Gasteiger partial charge in [-0.1, -0.05) is 6.07 Å². The summed E-state index contributed by atoms with van der Waals surface area (Å²) in [5.74, 6) is -0.172. The van der Waals surface area contributed by atoms with E-state index in [0.29, 0.717) is 47.8 Å². The van der Waals surface area contributed by atoms with Gasteiger partial charge in [-0.2, -0.15) is 4.80 Å².